The molecule has 41 heavy (non-hydrogen) atoms. The van der Waals surface area contributed by atoms with E-state index in [0.717, 1.165) is 0 Å². The second-order valence-electron chi connectivity index (χ2n) is 12.2. The van der Waals surface area contributed by atoms with Crippen LogP contribution in [-0.4, -0.2) is 38.6 Å². The van der Waals surface area contributed by atoms with Crippen molar-refractivity contribution in [2.24, 2.45) is 5.92 Å². The first-order chi connectivity index (χ1) is 19.6. The summed E-state index contributed by atoms with van der Waals surface area (Å²) in [5.74, 6) is -2.14. The van der Waals surface area contributed by atoms with Crippen LogP contribution in [-0.2, 0) is 20.7 Å². The number of rotatable bonds is 0. The molecular weight excluding hydrogens is 526 g/mol. The number of ether oxygens (including phenoxy) is 3. The largest absolute Gasteiger partial charge is 0.507 e. The molecule has 6 aliphatic rings. The first kappa shape index (κ1) is 22.2. The van der Waals surface area contributed by atoms with E-state index in [2.05, 4.69) is 5.16 Å². The lowest BCUT2D eigenvalue weighted by atomic mass is 9.51. The number of ketones is 2. The molecule has 202 valence electrons. The minimum atomic E-state index is -1.51. The summed E-state index contributed by atoms with van der Waals surface area (Å²) in [7, 11) is 0. The summed E-state index contributed by atoms with van der Waals surface area (Å²) in [6, 6.07) is 11.7. The number of carbonyl (C=O) groups excluding carboxylic acids is 2. The van der Waals surface area contributed by atoms with E-state index in [1.165, 1.54) is 6.07 Å². The van der Waals surface area contributed by atoms with E-state index in [9.17, 15) is 19.8 Å². The maximum atomic E-state index is 14.2. The molecule has 2 saturated heterocycles. The van der Waals surface area contributed by atoms with Gasteiger partial charge < -0.3 is 28.9 Å². The van der Waals surface area contributed by atoms with Crippen molar-refractivity contribution in [3.8, 4) is 28.5 Å². The number of phenols is 2. The molecule has 3 aromatic carbocycles. The van der Waals surface area contributed by atoms with Gasteiger partial charge >= 0.3 is 0 Å². The van der Waals surface area contributed by atoms with Crippen molar-refractivity contribution in [1.29, 1.82) is 0 Å². The summed E-state index contributed by atoms with van der Waals surface area (Å²) in [5, 5.41) is 26.4. The van der Waals surface area contributed by atoms with E-state index < -0.39 is 22.6 Å². The Morgan fingerprint density at radius 3 is 2.56 bits per heavy atom. The molecule has 9 heteroatoms. The second kappa shape index (κ2) is 6.22. The number of fused-ring (bicyclic) bond motifs is 9. The highest BCUT2D eigenvalue weighted by atomic mass is 16.7. The molecule has 10 rings (SSSR count). The van der Waals surface area contributed by atoms with Gasteiger partial charge in [0.15, 0.2) is 11.5 Å². The number of aryl methyl sites for hydroxylation is 1. The molecule has 4 heterocycles. The number of benzene rings is 3. The van der Waals surface area contributed by atoms with Crippen molar-refractivity contribution in [3.05, 3.63) is 92.7 Å². The van der Waals surface area contributed by atoms with Crippen molar-refractivity contribution in [2.75, 3.05) is 0 Å². The maximum absolute atomic E-state index is 14.2. The van der Waals surface area contributed by atoms with Crippen molar-refractivity contribution < 1.29 is 38.5 Å². The molecule has 0 bridgehead atoms. The fourth-order valence-corrected chi connectivity index (χ4v) is 8.99. The number of epoxide rings is 1. The van der Waals surface area contributed by atoms with Gasteiger partial charge in [-0.15, -0.1) is 0 Å². The van der Waals surface area contributed by atoms with Crippen molar-refractivity contribution in [3.63, 3.8) is 0 Å². The van der Waals surface area contributed by atoms with Crippen molar-refractivity contribution >= 4 is 11.6 Å². The molecule has 0 amide bonds. The number of nitrogens with zero attached hydrogens (tertiary/aromatic N) is 1. The van der Waals surface area contributed by atoms with Gasteiger partial charge in [0.1, 0.15) is 40.1 Å². The number of phenolic OH excluding ortho intramolecular Hbond substituents is 2. The fourth-order valence-electron chi connectivity index (χ4n) is 8.99. The highest BCUT2D eigenvalue weighted by molar-refractivity contribution is 6.30. The monoisotopic (exact) mass is 547 g/mol. The van der Waals surface area contributed by atoms with Gasteiger partial charge in [-0.3, -0.25) is 9.59 Å². The Balaban J connectivity index is 1.36. The number of aromatic hydroxyl groups is 2. The first-order valence-electron chi connectivity index (χ1n) is 13.6. The lowest BCUT2D eigenvalue weighted by Gasteiger charge is -2.46. The zero-order valence-electron chi connectivity index (χ0n) is 22.1. The van der Waals surface area contributed by atoms with Gasteiger partial charge in [0.05, 0.1) is 22.8 Å². The highest BCUT2D eigenvalue weighted by Gasteiger charge is 2.86. The number of hydrogen-bond acceptors (Lipinski definition) is 9. The quantitative estimate of drug-likeness (QED) is 0.268. The molecule has 9 nitrogen and oxygen atoms in total. The Labute approximate surface area is 232 Å². The Kier molecular flexibility index (Phi) is 3.37. The minimum absolute atomic E-state index is 0.00612. The van der Waals surface area contributed by atoms with E-state index in [0.29, 0.717) is 39.3 Å². The standard InChI is InChI=1S/C32H21NO8/c1-11-9-14-19(18(35)10-11)25(37)20-13(24(14)36)7-8-16-26(20)39-32-15-5-4-6-17(34)21(15)23-22-27(41-33-23)29-30(3,40-29)28(12(2)38-32)31(16,22)32/h4-10,12,28-29,34-35H,1-3H3/t12-,28+,29+,30-,31-,32+/m1/s1. The summed E-state index contributed by atoms with van der Waals surface area (Å²) in [6.07, 6.45) is -0.705. The van der Waals surface area contributed by atoms with Crippen molar-refractivity contribution in [2.45, 2.75) is 49.8 Å². The molecule has 4 aromatic rings. The first-order valence-corrected chi connectivity index (χ1v) is 13.6. The third-order valence-electron chi connectivity index (χ3n) is 10.3. The van der Waals surface area contributed by atoms with E-state index in [1.807, 2.05) is 26.0 Å². The summed E-state index contributed by atoms with van der Waals surface area (Å²) < 4.78 is 26.2. The molecule has 1 aromatic heterocycles. The highest BCUT2D eigenvalue weighted by Crippen LogP contribution is 2.80. The van der Waals surface area contributed by atoms with Crippen LogP contribution >= 0.6 is 0 Å². The van der Waals surface area contributed by atoms with E-state index >= 15 is 0 Å². The van der Waals surface area contributed by atoms with Crippen LogP contribution < -0.4 is 4.74 Å². The molecular formula is C32H21NO8. The molecule has 1 spiro atoms. The average molecular weight is 548 g/mol. The van der Waals surface area contributed by atoms with E-state index in [1.54, 1.807) is 31.2 Å². The van der Waals surface area contributed by atoms with E-state index in [4.69, 9.17) is 18.7 Å². The molecule has 0 saturated carbocycles. The molecule has 0 radical (unpaired) electrons. The third-order valence-corrected chi connectivity index (χ3v) is 10.3. The smallest absolute Gasteiger partial charge is 0.253 e. The summed E-state index contributed by atoms with van der Waals surface area (Å²) in [6.45, 7) is 5.77. The Bertz CT molecular complexity index is 2030. The Morgan fingerprint density at radius 1 is 0.902 bits per heavy atom. The molecule has 6 atom stereocenters. The molecule has 2 N–H and O–H groups in total. The molecule has 2 fully saturated rings. The van der Waals surface area contributed by atoms with Gasteiger partial charge in [0.2, 0.25) is 5.78 Å². The third kappa shape index (κ3) is 1.99. The number of aromatic nitrogens is 1. The zero-order chi connectivity index (χ0) is 28.0. The minimum Gasteiger partial charge on any atom is -0.507 e. The Hall–Kier alpha value is -4.47. The van der Waals surface area contributed by atoms with Crippen LogP contribution in [0.15, 0.2) is 47.0 Å². The molecule has 3 aliphatic carbocycles. The van der Waals surface area contributed by atoms with Crippen LogP contribution in [0.1, 0.15) is 79.8 Å². The second-order valence-corrected chi connectivity index (χ2v) is 12.2. The predicted octanol–water partition coefficient (Wildman–Crippen LogP) is 4.56. The number of carbonyl (C=O) groups is 2. The topological polar surface area (TPSA) is 132 Å². The van der Waals surface area contributed by atoms with Crippen molar-refractivity contribution in [1.82, 2.24) is 5.16 Å². The van der Waals surface area contributed by atoms with E-state index in [-0.39, 0.29) is 63.4 Å². The van der Waals surface area contributed by atoms with Gasteiger partial charge in [-0.2, -0.15) is 0 Å². The van der Waals surface area contributed by atoms with Gasteiger partial charge in [0.25, 0.3) is 5.79 Å². The molecule has 3 aliphatic heterocycles. The van der Waals surface area contributed by atoms with Crippen LogP contribution in [0.2, 0.25) is 0 Å². The lowest BCUT2D eigenvalue weighted by molar-refractivity contribution is -0.187. The fraction of sp³-hybridized carbons (Fsp3) is 0.281. The van der Waals surface area contributed by atoms with Crippen LogP contribution in [0.3, 0.4) is 0 Å². The van der Waals surface area contributed by atoms with Crippen LogP contribution in [0.5, 0.6) is 17.2 Å². The predicted molar refractivity (Wildman–Crippen MR) is 139 cm³/mol. The van der Waals surface area contributed by atoms with Gasteiger partial charge in [0, 0.05) is 33.7 Å². The Morgan fingerprint density at radius 2 is 1.73 bits per heavy atom. The van der Waals surface area contributed by atoms with Gasteiger partial charge in [-0.25, -0.2) is 0 Å². The van der Waals surface area contributed by atoms with Crippen LogP contribution in [0.4, 0.5) is 0 Å². The summed E-state index contributed by atoms with van der Waals surface area (Å²) in [4.78, 5) is 28.0. The van der Waals surface area contributed by atoms with Gasteiger partial charge in [-0.1, -0.05) is 23.4 Å². The number of hydrogen-bond donors (Lipinski definition) is 2. The normalized spacial score (nSPS) is 33.6. The average Bonchev–Trinajstić information content (AvgIpc) is 3.19. The van der Waals surface area contributed by atoms with Gasteiger partial charge in [-0.05, 0) is 50.6 Å². The summed E-state index contributed by atoms with van der Waals surface area (Å²) >= 11 is 0. The SMILES string of the molecule is Cc1cc(O)c2c(c1)C(=O)c1ccc3c(c1C2=O)O[C@]12O[C@H](C)[C@H]4[C@@]5(C)O[C@H]5c5onc(c5[C@]341)-c1c(O)cccc12. The molecule has 0 unspecified atom stereocenters. The van der Waals surface area contributed by atoms with Crippen LogP contribution in [0, 0.1) is 12.8 Å². The summed E-state index contributed by atoms with van der Waals surface area (Å²) in [5.41, 5.74) is 2.22. The lowest BCUT2D eigenvalue weighted by Crippen LogP contribution is -2.56. The zero-order valence-corrected chi connectivity index (χ0v) is 22.1. The maximum Gasteiger partial charge on any atom is 0.253 e. The van der Waals surface area contributed by atoms with Crippen LogP contribution in [0.25, 0.3) is 11.3 Å².